The van der Waals surface area contributed by atoms with E-state index in [-0.39, 0.29) is 37.3 Å². The highest BCUT2D eigenvalue weighted by Gasteiger charge is 2.30. The molecule has 44 heavy (non-hydrogen) atoms. The van der Waals surface area contributed by atoms with Crippen LogP contribution < -0.4 is 21.4 Å². The number of rotatable bonds is 15. The molecule has 0 unspecified atom stereocenters. The molecule has 11 nitrogen and oxygen atoms in total. The lowest BCUT2D eigenvalue weighted by Crippen LogP contribution is -2.57. The molecule has 3 rings (SSSR count). The molecule has 0 heterocycles. The van der Waals surface area contributed by atoms with Gasteiger partial charge in [-0.05, 0) is 34.5 Å². The average molecular weight is 603 g/mol. The molecule has 0 aliphatic rings. The number of benzene rings is 3. The number of nitrogens with one attached hydrogen (secondary N) is 3. The van der Waals surface area contributed by atoms with E-state index in [0.29, 0.717) is 5.56 Å². The van der Waals surface area contributed by atoms with E-state index in [4.69, 9.17) is 4.74 Å². The lowest BCUT2D eigenvalue weighted by Gasteiger charge is -2.25. The van der Waals surface area contributed by atoms with Gasteiger partial charge < -0.3 is 35.8 Å². The van der Waals surface area contributed by atoms with Crippen molar-refractivity contribution in [2.75, 3.05) is 0 Å². The molecule has 0 saturated heterocycles. The third-order valence-electron chi connectivity index (χ3n) is 6.78. The van der Waals surface area contributed by atoms with E-state index in [1.54, 1.807) is 60.7 Å². The largest absolute Gasteiger partial charge is 0.488 e. The van der Waals surface area contributed by atoms with Crippen LogP contribution in [0.25, 0.3) is 0 Å². The molecule has 6 N–H and O–H groups in total. The molecule has 0 spiro atoms. The van der Waals surface area contributed by atoms with Crippen molar-refractivity contribution in [3.8, 4) is 0 Å². The van der Waals surface area contributed by atoms with Gasteiger partial charge in [-0.2, -0.15) is 0 Å². The van der Waals surface area contributed by atoms with Gasteiger partial charge in [-0.1, -0.05) is 98.8 Å². The lowest BCUT2D eigenvalue weighted by atomic mass is 9.80. The number of carbonyl (C=O) groups excluding carboxylic acids is 3. The molecule has 0 fully saturated rings. The van der Waals surface area contributed by atoms with Gasteiger partial charge in [-0.15, -0.1) is 0 Å². The van der Waals surface area contributed by atoms with Gasteiger partial charge in [0.1, 0.15) is 24.7 Å². The molecule has 0 aliphatic heterocycles. The quantitative estimate of drug-likeness (QED) is 0.142. The van der Waals surface area contributed by atoms with Crippen molar-refractivity contribution in [3.05, 3.63) is 102 Å². The number of carboxylic acid groups (broad SMARTS) is 1. The Morgan fingerprint density at radius 1 is 0.682 bits per heavy atom. The molecule has 3 amide bonds. The SMILES string of the molecule is CC(C)C[C@H](NC(=O)[C@H](Cc1ccccc1)NC(=O)[C@H](Cc1ccccc1)NC(=O)OCc1ccc(B(O)O)cc1)C(=O)O. The van der Waals surface area contributed by atoms with Crippen LogP contribution in [0.15, 0.2) is 84.9 Å². The number of ether oxygens (including phenoxy) is 1. The van der Waals surface area contributed by atoms with Gasteiger partial charge in [-0.3, -0.25) is 9.59 Å². The van der Waals surface area contributed by atoms with Crippen molar-refractivity contribution in [2.45, 2.75) is 57.8 Å². The Morgan fingerprint density at radius 2 is 1.16 bits per heavy atom. The molecule has 0 bridgehead atoms. The van der Waals surface area contributed by atoms with Gasteiger partial charge in [0.2, 0.25) is 11.8 Å². The Hall–Kier alpha value is -4.68. The predicted octanol–water partition coefficient (Wildman–Crippen LogP) is 1.55. The summed E-state index contributed by atoms with van der Waals surface area (Å²) in [4.78, 5) is 51.6. The summed E-state index contributed by atoms with van der Waals surface area (Å²) in [6.07, 6.45) is -0.483. The predicted molar refractivity (Wildman–Crippen MR) is 165 cm³/mol. The van der Waals surface area contributed by atoms with Crippen LogP contribution in [0.5, 0.6) is 0 Å². The standard InChI is InChI=1S/C32H38BN3O8/c1-21(2)17-28(31(39)40)35-29(37)26(18-22-9-5-3-6-10-22)34-30(38)27(19-23-11-7-4-8-12-23)36-32(41)44-20-24-13-15-25(16-14-24)33(42)43/h3-16,21,26-28,42-43H,17-20H2,1-2H3,(H,34,38)(H,35,37)(H,36,41)(H,39,40)/t26-,27-,28-/m0/s1. The molecule has 12 heteroatoms. The monoisotopic (exact) mass is 603 g/mol. The van der Waals surface area contributed by atoms with E-state index in [1.165, 1.54) is 12.1 Å². The highest BCUT2D eigenvalue weighted by atomic mass is 16.5. The normalized spacial score (nSPS) is 12.8. The van der Waals surface area contributed by atoms with Gasteiger partial charge in [0.05, 0.1) is 0 Å². The summed E-state index contributed by atoms with van der Waals surface area (Å²) in [7, 11) is -1.62. The zero-order valence-corrected chi connectivity index (χ0v) is 24.7. The molecule has 0 saturated carbocycles. The maximum absolute atomic E-state index is 13.6. The summed E-state index contributed by atoms with van der Waals surface area (Å²) in [5.74, 6) is -2.49. The molecule has 0 radical (unpaired) electrons. The Kier molecular flexibility index (Phi) is 12.9. The van der Waals surface area contributed by atoms with Crippen LogP contribution >= 0.6 is 0 Å². The Bertz CT molecular complexity index is 1370. The third kappa shape index (κ3) is 11.2. The van der Waals surface area contributed by atoms with Gasteiger partial charge >= 0.3 is 19.2 Å². The summed E-state index contributed by atoms with van der Waals surface area (Å²) in [5.41, 5.74) is 2.36. The molecule has 0 aromatic heterocycles. The summed E-state index contributed by atoms with van der Waals surface area (Å²) in [5, 5.41) is 36.0. The average Bonchev–Trinajstić information content (AvgIpc) is 3.00. The van der Waals surface area contributed by atoms with Crippen molar-refractivity contribution in [1.82, 2.24) is 16.0 Å². The van der Waals surface area contributed by atoms with Crippen LogP contribution in [0.4, 0.5) is 4.79 Å². The van der Waals surface area contributed by atoms with Crippen LogP contribution in [0, 0.1) is 5.92 Å². The van der Waals surface area contributed by atoms with Gasteiger partial charge in [-0.25, -0.2) is 9.59 Å². The fourth-order valence-corrected chi connectivity index (χ4v) is 4.47. The number of aliphatic carboxylic acids is 1. The molecular weight excluding hydrogens is 565 g/mol. The zero-order valence-electron chi connectivity index (χ0n) is 24.7. The van der Waals surface area contributed by atoms with Crippen molar-refractivity contribution in [2.24, 2.45) is 5.92 Å². The molecule has 3 aromatic carbocycles. The van der Waals surface area contributed by atoms with Crippen molar-refractivity contribution in [1.29, 1.82) is 0 Å². The minimum atomic E-state index is -1.62. The Labute approximate surface area is 256 Å². The van der Waals surface area contributed by atoms with Crippen molar-refractivity contribution < 1.29 is 39.1 Å². The molecule has 0 aliphatic carbocycles. The molecular formula is C32H38BN3O8. The first kappa shape index (κ1) is 33.8. The maximum Gasteiger partial charge on any atom is 0.488 e. The summed E-state index contributed by atoms with van der Waals surface area (Å²) in [6, 6.07) is 20.7. The zero-order chi connectivity index (χ0) is 32.1. The smallest absolute Gasteiger partial charge is 0.480 e. The van der Waals surface area contributed by atoms with Gasteiger partial charge in [0, 0.05) is 12.8 Å². The first-order valence-corrected chi connectivity index (χ1v) is 14.3. The Morgan fingerprint density at radius 3 is 1.61 bits per heavy atom. The van der Waals surface area contributed by atoms with Gasteiger partial charge in [0.25, 0.3) is 0 Å². The van der Waals surface area contributed by atoms with E-state index in [1.807, 2.05) is 26.0 Å². The van der Waals surface area contributed by atoms with Gasteiger partial charge in [0.15, 0.2) is 0 Å². The number of carbonyl (C=O) groups is 4. The summed E-state index contributed by atoms with van der Waals surface area (Å²) >= 11 is 0. The minimum Gasteiger partial charge on any atom is -0.480 e. The first-order valence-electron chi connectivity index (χ1n) is 14.3. The molecule has 3 atom stereocenters. The second-order valence-electron chi connectivity index (χ2n) is 10.9. The summed E-state index contributed by atoms with van der Waals surface area (Å²) < 4.78 is 5.31. The van der Waals surface area contributed by atoms with Crippen molar-refractivity contribution >= 4 is 36.5 Å². The first-order chi connectivity index (χ1) is 21.0. The number of carboxylic acids is 1. The van der Waals surface area contributed by atoms with Crippen LogP contribution in [0.1, 0.15) is 37.0 Å². The molecule has 3 aromatic rings. The van der Waals surface area contributed by atoms with Crippen LogP contribution in [0.3, 0.4) is 0 Å². The fourth-order valence-electron chi connectivity index (χ4n) is 4.47. The highest BCUT2D eigenvalue weighted by molar-refractivity contribution is 6.58. The van der Waals surface area contributed by atoms with Crippen LogP contribution in [0.2, 0.25) is 0 Å². The van der Waals surface area contributed by atoms with Crippen molar-refractivity contribution in [3.63, 3.8) is 0 Å². The lowest BCUT2D eigenvalue weighted by molar-refractivity contribution is -0.142. The third-order valence-corrected chi connectivity index (χ3v) is 6.78. The molecule has 232 valence electrons. The maximum atomic E-state index is 13.6. The summed E-state index contributed by atoms with van der Waals surface area (Å²) in [6.45, 7) is 3.55. The second kappa shape index (κ2) is 16.8. The van der Waals surface area contributed by atoms with E-state index < -0.39 is 49.1 Å². The number of hydrogen-bond donors (Lipinski definition) is 6. The van der Waals surface area contributed by atoms with E-state index >= 15 is 0 Å². The Balaban J connectivity index is 1.77. The van der Waals surface area contributed by atoms with E-state index in [9.17, 15) is 34.3 Å². The van der Waals surface area contributed by atoms with E-state index in [0.717, 1.165) is 11.1 Å². The number of alkyl carbamates (subject to hydrolysis) is 1. The van der Waals surface area contributed by atoms with Crippen LogP contribution in [-0.4, -0.2) is 64.3 Å². The second-order valence-corrected chi connectivity index (χ2v) is 10.9. The fraction of sp³-hybridized carbons (Fsp3) is 0.312. The minimum absolute atomic E-state index is 0.00300. The highest BCUT2D eigenvalue weighted by Crippen LogP contribution is 2.10. The number of hydrogen-bond acceptors (Lipinski definition) is 7. The van der Waals surface area contributed by atoms with E-state index in [2.05, 4.69) is 16.0 Å². The van der Waals surface area contributed by atoms with Crippen LogP contribution in [-0.2, 0) is 38.6 Å². The topological polar surface area (TPSA) is 174 Å². The number of amides is 3.